The monoisotopic (exact) mass is 1110 g/mol. The van der Waals surface area contributed by atoms with Crippen molar-refractivity contribution in [3.8, 4) is 101 Å². The van der Waals surface area contributed by atoms with E-state index in [2.05, 4.69) is 229 Å². The van der Waals surface area contributed by atoms with Crippen LogP contribution in [0.5, 0.6) is 34.5 Å². The Morgan fingerprint density at radius 2 is 0.452 bits per heavy atom. The molecule has 0 fully saturated rings. The third-order valence-corrected chi connectivity index (χ3v) is 19.1. The molecule has 0 aliphatic heterocycles. The van der Waals surface area contributed by atoms with Crippen molar-refractivity contribution in [1.82, 2.24) is 0 Å². The first-order valence-corrected chi connectivity index (χ1v) is 29.6. The van der Waals surface area contributed by atoms with E-state index in [1.54, 1.807) is 42.7 Å². The van der Waals surface area contributed by atoms with Crippen LogP contribution in [0, 0.1) is 0 Å². The van der Waals surface area contributed by atoms with Crippen molar-refractivity contribution in [2.75, 3.05) is 42.7 Å². The lowest BCUT2D eigenvalue weighted by Crippen LogP contribution is -2.28. The van der Waals surface area contributed by atoms with Crippen LogP contribution in [-0.4, -0.2) is 42.7 Å². The van der Waals surface area contributed by atoms with Gasteiger partial charge in [0.05, 0.1) is 53.5 Å². The van der Waals surface area contributed by atoms with Crippen LogP contribution < -0.4 is 28.4 Å². The Balaban J connectivity index is 1.20. The summed E-state index contributed by atoms with van der Waals surface area (Å²) in [6, 6.07) is 57.3. The number of rotatable bonds is 8. The third kappa shape index (κ3) is 7.67. The summed E-state index contributed by atoms with van der Waals surface area (Å²) in [6.07, 6.45) is 0. The van der Waals surface area contributed by atoms with E-state index in [4.69, 9.17) is 28.4 Å². The summed E-state index contributed by atoms with van der Waals surface area (Å²) in [6.45, 7) is 28.0. The molecule has 0 atom stereocenters. The molecule has 4 aliphatic carbocycles. The van der Waals surface area contributed by atoms with Gasteiger partial charge in [-0.3, -0.25) is 0 Å². The lowest BCUT2D eigenvalue weighted by atomic mass is 9.67. The highest BCUT2D eigenvalue weighted by molar-refractivity contribution is 6.02. The number of benzene rings is 9. The highest BCUT2D eigenvalue weighted by Gasteiger charge is 2.57. The molecule has 9 aromatic carbocycles. The van der Waals surface area contributed by atoms with Crippen LogP contribution in [0.15, 0.2) is 146 Å². The summed E-state index contributed by atoms with van der Waals surface area (Å²) in [4.78, 5) is 0. The van der Waals surface area contributed by atoms with E-state index >= 15 is 0 Å². The van der Waals surface area contributed by atoms with Crippen molar-refractivity contribution in [1.29, 1.82) is 0 Å². The van der Waals surface area contributed by atoms with Gasteiger partial charge in [0.15, 0.2) is 23.0 Å². The van der Waals surface area contributed by atoms with Gasteiger partial charge in [0.1, 0.15) is 0 Å². The average molecular weight is 1110 g/mol. The van der Waals surface area contributed by atoms with Crippen LogP contribution in [0.1, 0.15) is 150 Å². The van der Waals surface area contributed by atoms with E-state index in [1.807, 2.05) is 0 Å². The molecule has 0 aromatic heterocycles. The smallest absolute Gasteiger partial charge is 0.203 e. The fourth-order valence-corrected chi connectivity index (χ4v) is 14.7. The van der Waals surface area contributed by atoms with Gasteiger partial charge in [-0.1, -0.05) is 180 Å². The molecule has 0 amide bonds. The first kappa shape index (κ1) is 55.0. The second-order valence-corrected chi connectivity index (χ2v) is 27.8. The van der Waals surface area contributed by atoms with E-state index in [0.29, 0.717) is 34.5 Å². The Hall–Kier alpha value is -8.22. The molecule has 13 rings (SSSR count). The largest absolute Gasteiger partial charge is 0.493 e. The van der Waals surface area contributed by atoms with Crippen molar-refractivity contribution in [2.24, 2.45) is 0 Å². The van der Waals surface area contributed by atoms with Crippen LogP contribution in [0.4, 0.5) is 0 Å². The van der Waals surface area contributed by atoms with E-state index in [-0.39, 0.29) is 21.7 Å². The Morgan fingerprint density at radius 3 is 0.690 bits per heavy atom. The SMILES string of the molecule is COc1cc(-c2ccc3c(c2)C2(c4cc(C(C)(C)C)ccc4-c4ccc(C(C)(C)C)cc42)c2cc4c(cc2-3)C2(c3cc(-c5cc(OC)c(OC)c(OC)c5)ccc3-4)c3cc(C(C)(C)C)ccc3-c3ccc(C(C)(C)C)cc32)cc(OC)c1OC. The van der Waals surface area contributed by atoms with Gasteiger partial charge in [-0.25, -0.2) is 0 Å². The van der Waals surface area contributed by atoms with Crippen LogP contribution in [0.2, 0.25) is 0 Å². The molecule has 4 aliphatic rings. The van der Waals surface area contributed by atoms with Gasteiger partial charge in [0.2, 0.25) is 11.5 Å². The average Bonchev–Trinajstić information content (AvgIpc) is 1.50. The molecule has 0 radical (unpaired) electrons. The normalized spacial score (nSPS) is 14.5. The van der Waals surface area contributed by atoms with Crippen LogP contribution >= 0.6 is 0 Å². The van der Waals surface area contributed by atoms with Crippen molar-refractivity contribution >= 4 is 0 Å². The molecule has 84 heavy (non-hydrogen) atoms. The predicted molar refractivity (Wildman–Crippen MR) is 344 cm³/mol. The zero-order chi connectivity index (χ0) is 59.5. The number of hydrogen-bond donors (Lipinski definition) is 0. The molecule has 0 N–H and O–H groups in total. The quantitative estimate of drug-likeness (QED) is 0.151. The minimum Gasteiger partial charge on any atom is -0.493 e. The Bertz CT molecular complexity index is 3800. The molecule has 0 bridgehead atoms. The summed E-state index contributed by atoms with van der Waals surface area (Å²) in [5, 5.41) is 0. The van der Waals surface area contributed by atoms with Gasteiger partial charge in [-0.05, 0) is 204 Å². The summed E-state index contributed by atoms with van der Waals surface area (Å²) in [7, 11) is 10.1. The van der Waals surface area contributed by atoms with Gasteiger partial charge in [0.25, 0.3) is 0 Å². The van der Waals surface area contributed by atoms with Crippen LogP contribution in [0.25, 0.3) is 66.8 Å². The zero-order valence-corrected chi connectivity index (χ0v) is 52.3. The fraction of sp³-hybridized carbons (Fsp3) is 0.308. The molecule has 0 unspecified atom stereocenters. The van der Waals surface area contributed by atoms with Crippen LogP contribution in [0.3, 0.4) is 0 Å². The molecule has 9 aromatic rings. The standard InChI is InChI=1S/C78H78O6/c1-73(2,3)47-21-27-51-52-28-22-48(74(4,5)6)38-62(52)77(61(51)37-47)59-31-43(45-33-67(79-13)71(83-17)68(34-45)80-14)19-25-55(59)57-42-66-58(41-65(57)77)56-26-20-44(46-35-69(81-15)72(84-18)70(36-46)82-16)32-60(56)78(66)63-39-49(75(7,8)9)23-29-53(63)54-30-24-50(40-64(54)78)76(10,11)12/h19-42H,1-18H3. The minimum absolute atomic E-state index is 0.121. The van der Waals surface area contributed by atoms with Gasteiger partial charge < -0.3 is 28.4 Å². The maximum atomic E-state index is 6.02. The molecule has 2 spiro atoms. The molecule has 0 saturated heterocycles. The highest BCUT2D eigenvalue weighted by Crippen LogP contribution is 2.69. The molecular formula is C78H78O6. The van der Waals surface area contributed by atoms with E-state index in [0.717, 1.165) is 22.3 Å². The van der Waals surface area contributed by atoms with Crippen molar-refractivity contribution in [2.45, 2.75) is 116 Å². The second kappa shape index (κ2) is 18.6. The molecule has 6 nitrogen and oxygen atoms in total. The Morgan fingerprint density at radius 1 is 0.226 bits per heavy atom. The van der Waals surface area contributed by atoms with Gasteiger partial charge in [0, 0.05) is 0 Å². The molecular weight excluding hydrogens is 1030 g/mol. The highest BCUT2D eigenvalue weighted by atomic mass is 16.5. The van der Waals surface area contributed by atoms with Gasteiger partial charge in [-0.2, -0.15) is 0 Å². The zero-order valence-electron chi connectivity index (χ0n) is 52.3. The fourth-order valence-electron chi connectivity index (χ4n) is 14.7. The third-order valence-electron chi connectivity index (χ3n) is 19.1. The topological polar surface area (TPSA) is 55.4 Å². The number of ether oxygens (including phenoxy) is 6. The Labute approximate surface area is 497 Å². The summed E-state index contributed by atoms with van der Waals surface area (Å²) < 4.78 is 35.9. The minimum atomic E-state index is -0.722. The van der Waals surface area contributed by atoms with Crippen molar-refractivity contribution in [3.63, 3.8) is 0 Å². The lowest BCUT2D eigenvalue weighted by Gasteiger charge is -2.34. The molecule has 0 saturated carbocycles. The molecule has 6 heteroatoms. The van der Waals surface area contributed by atoms with Crippen molar-refractivity contribution in [3.05, 3.63) is 212 Å². The van der Waals surface area contributed by atoms with E-state index in [9.17, 15) is 0 Å². The maximum absolute atomic E-state index is 6.02. The van der Waals surface area contributed by atoms with E-state index in [1.165, 1.54) is 111 Å². The Kier molecular flexibility index (Phi) is 12.2. The molecule has 426 valence electrons. The number of fused-ring (bicyclic) bond motifs is 20. The van der Waals surface area contributed by atoms with Crippen molar-refractivity contribution < 1.29 is 28.4 Å². The first-order chi connectivity index (χ1) is 39.9. The van der Waals surface area contributed by atoms with Gasteiger partial charge >= 0.3 is 0 Å². The van der Waals surface area contributed by atoms with Gasteiger partial charge in [-0.15, -0.1) is 0 Å². The summed E-state index contributed by atoms with van der Waals surface area (Å²) >= 11 is 0. The predicted octanol–water partition coefficient (Wildman–Crippen LogP) is 18.9. The number of methoxy groups -OCH3 is 6. The van der Waals surface area contributed by atoms with Crippen LogP contribution in [-0.2, 0) is 32.5 Å². The second-order valence-electron chi connectivity index (χ2n) is 27.8. The molecule has 0 heterocycles. The van der Waals surface area contributed by atoms with E-state index < -0.39 is 10.8 Å². The number of hydrogen-bond acceptors (Lipinski definition) is 6. The first-order valence-electron chi connectivity index (χ1n) is 29.6. The summed E-state index contributed by atoms with van der Waals surface area (Å²) in [5.74, 6) is 3.58. The summed E-state index contributed by atoms with van der Waals surface area (Å²) in [5.41, 5.74) is 27.7. The lowest BCUT2D eigenvalue weighted by molar-refractivity contribution is 0.324. The maximum Gasteiger partial charge on any atom is 0.203 e.